The summed E-state index contributed by atoms with van der Waals surface area (Å²) in [5, 5.41) is 0. The maximum atomic E-state index is 5.86. The average Bonchev–Trinajstić information content (AvgIpc) is 2.53. The third kappa shape index (κ3) is 2.34. The molecule has 1 unspecified atom stereocenters. The zero-order valence-electron chi connectivity index (χ0n) is 8.20. The van der Waals surface area contributed by atoms with Gasteiger partial charge in [0.2, 0.25) is 0 Å². The molecule has 2 heteroatoms. The number of hydrogen-bond donors (Lipinski definition) is 0. The highest BCUT2D eigenvalue weighted by molar-refractivity contribution is 5.16. The molecule has 1 atom stereocenters. The molecular formula is C11H17NO. The van der Waals surface area contributed by atoms with Gasteiger partial charge in [-0.05, 0) is 38.5 Å². The molecule has 2 aliphatic rings. The van der Waals surface area contributed by atoms with Gasteiger partial charge in [0, 0.05) is 13.1 Å². The van der Waals surface area contributed by atoms with Gasteiger partial charge in [-0.15, -0.1) is 0 Å². The summed E-state index contributed by atoms with van der Waals surface area (Å²) in [6.45, 7) is 2.24. The first-order valence-corrected chi connectivity index (χ1v) is 5.06. The van der Waals surface area contributed by atoms with Gasteiger partial charge < -0.3 is 9.64 Å². The lowest BCUT2D eigenvalue weighted by atomic mass is 10.2. The molecule has 0 saturated carbocycles. The molecule has 0 radical (unpaired) electrons. The Hall–Kier alpha value is -0.760. The number of hydrogen-bond acceptors (Lipinski definition) is 2. The van der Waals surface area contributed by atoms with E-state index in [4.69, 9.17) is 4.74 Å². The Labute approximate surface area is 79.9 Å². The molecule has 1 aliphatic heterocycles. The minimum absolute atomic E-state index is 0.416. The summed E-state index contributed by atoms with van der Waals surface area (Å²) in [6, 6.07) is 0. The van der Waals surface area contributed by atoms with Crippen LogP contribution in [0.25, 0.3) is 0 Å². The maximum Gasteiger partial charge on any atom is 0.115 e. The highest BCUT2D eigenvalue weighted by atomic mass is 16.5. The number of ether oxygens (including phenoxy) is 1. The first-order valence-electron chi connectivity index (χ1n) is 5.06. The summed E-state index contributed by atoms with van der Waals surface area (Å²) in [6.07, 6.45) is 10.4. The number of allylic oxidation sites excluding steroid dienone is 3. The van der Waals surface area contributed by atoms with E-state index in [1.165, 1.54) is 13.0 Å². The molecule has 0 aromatic heterocycles. The lowest BCUT2D eigenvalue weighted by Gasteiger charge is -2.15. The van der Waals surface area contributed by atoms with E-state index in [-0.39, 0.29) is 0 Å². The summed E-state index contributed by atoms with van der Waals surface area (Å²) in [5.41, 5.74) is 0. The van der Waals surface area contributed by atoms with Crippen LogP contribution in [0.4, 0.5) is 0 Å². The number of nitrogens with zero attached hydrogens (tertiary/aromatic N) is 1. The van der Waals surface area contributed by atoms with Crippen molar-refractivity contribution < 1.29 is 4.74 Å². The number of likely N-dealkylation sites (N-methyl/N-ethyl adjacent to an activating group) is 1. The van der Waals surface area contributed by atoms with E-state index in [0.29, 0.717) is 6.10 Å². The van der Waals surface area contributed by atoms with E-state index < -0.39 is 0 Å². The third-order valence-electron chi connectivity index (χ3n) is 2.61. The Morgan fingerprint density at radius 1 is 1.46 bits per heavy atom. The molecule has 13 heavy (non-hydrogen) atoms. The van der Waals surface area contributed by atoms with Crippen molar-refractivity contribution in [2.75, 3.05) is 20.1 Å². The smallest absolute Gasteiger partial charge is 0.115 e. The molecule has 0 spiro atoms. The van der Waals surface area contributed by atoms with E-state index in [1.807, 2.05) is 0 Å². The van der Waals surface area contributed by atoms with Gasteiger partial charge in [-0.25, -0.2) is 0 Å². The predicted molar refractivity (Wildman–Crippen MR) is 53.4 cm³/mol. The largest absolute Gasteiger partial charge is 0.489 e. The van der Waals surface area contributed by atoms with Gasteiger partial charge in [0.15, 0.2) is 0 Å². The molecule has 0 N–H and O–H groups in total. The average molecular weight is 179 g/mol. The van der Waals surface area contributed by atoms with E-state index in [1.54, 1.807) is 0 Å². The summed E-state index contributed by atoms with van der Waals surface area (Å²) in [7, 11) is 2.15. The predicted octanol–water partition coefficient (Wildman–Crippen LogP) is 1.94. The van der Waals surface area contributed by atoms with Crippen LogP contribution in [-0.2, 0) is 4.74 Å². The van der Waals surface area contributed by atoms with Crippen molar-refractivity contribution in [2.45, 2.75) is 25.4 Å². The highest BCUT2D eigenvalue weighted by Crippen LogP contribution is 2.18. The van der Waals surface area contributed by atoms with Crippen LogP contribution in [0.3, 0.4) is 0 Å². The normalized spacial score (nSPS) is 29.0. The molecular weight excluding hydrogens is 162 g/mol. The second-order valence-electron chi connectivity index (χ2n) is 3.88. The molecule has 0 amide bonds. The van der Waals surface area contributed by atoms with Gasteiger partial charge in [-0.2, -0.15) is 0 Å². The molecule has 0 aromatic carbocycles. The van der Waals surface area contributed by atoms with Crippen molar-refractivity contribution in [1.29, 1.82) is 0 Å². The van der Waals surface area contributed by atoms with Crippen molar-refractivity contribution in [3.8, 4) is 0 Å². The van der Waals surface area contributed by atoms with Crippen LogP contribution in [0.15, 0.2) is 24.0 Å². The monoisotopic (exact) mass is 179 g/mol. The van der Waals surface area contributed by atoms with E-state index in [0.717, 1.165) is 25.1 Å². The van der Waals surface area contributed by atoms with Crippen molar-refractivity contribution in [1.82, 2.24) is 4.90 Å². The second-order valence-corrected chi connectivity index (χ2v) is 3.88. The summed E-state index contributed by atoms with van der Waals surface area (Å²) in [4.78, 5) is 2.32. The zero-order valence-corrected chi connectivity index (χ0v) is 8.20. The van der Waals surface area contributed by atoms with Gasteiger partial charge >= 0.3 is 0 Å². The van der Waals surface area contributed by atoms with Gasteiger partial charge in [-0.1, -0.05) is 6.08 Å². The highest BCUT2D eigenvalue weighted by Gasteiger charge is 2.21. The van der Waals surface area contributed by atoms with Crippen molar-refractivity contribution >= 4 is 0 Å². The Bertz CT molecular complexity index is 232. The molecule has 1 aliphatic carbocycles. The molecule has 1 fully saturated rings. The zero-order chi connectivity index (χ0) is 9.10. The standard InChI is InChI=1S/C11H17NO/c1-12-8-7-11(9-12)13-10-5-3-2-4-6-10/h3,5-6,11H,2,4,7-9H2,1H3. The fraction of sp³-hybridized carbons (Fsp3) is 0.636. The van der Waals surface area contributed by atoms with Crippen LogP contribution in [0.2, 0.25) is 0 Å². The Balaban J connectivity index is 1.84. The lowest BCUT2D eigenvalue weighted by Crippen LogP contribution is -2.18. The first kappa shape index (κ1) is 8.82. The molecule has 2 nitrogen and oxygen atoms in total. The number of rotatable bonds is 2. The van der Waals surface area contributed by atoms with Crippen LogP contribution in [0, 0.1) is 0 Å². The minimum Gasteiger partial charge on any atom is -0.489 e. The van der Waals surface area contributed by atoms with Crippen LogP contribution in [-0.4, -0.2) is 31.1 Å². The van der Waals surface area contributed by atoms with Crippen molar-refractivity contribution in [2.24, 2.45) is 0 Å². The molecule has 1 saturated heterocycles. The Kier molecular flexibility index (Phi) is 2.69. The fourth-order valence-electron chi connectivity index (χ4n) is 1.86. The van der Waals surface area contributed by atoms with Crippen LogP contribution >= 0.6 is 0 Å². The molecule has 1 heterocycles. The van der Waals surface area contributed by atoms with Crippen molar-refractivity contribution in [3.63, 3.8) is 0 Å². The van der Waals surface area contributed by atoms with Crippen molar-refractivity contribution in [3.05, 3.63) is 24.0 Å². The maximum absolute atomic E-state index is 5.86. The molecule has 0 bridgehead atoms. The quantitative estimate of drug-likeness (QED) is 0.642. The van der Waals surface area contributed by atoms with Crippen LogP contribution < -0.4 is 0 Å². The van der Waals surface area contributed by atoms with Crippen LogP contribution in [0.1, 0.15) is 19.3 Å². The summed E-state index contributed by atoms with van der Waals surface area (Å²) in [5.74, 6) is 1.08. The minimum atomic E-state index is 0.416. The third-order valence-corrected chi connectivity index (χ3v) is 2.61. The summed E-state index contributed by atoms with van der Waals surface area (Å²) < 4.78 is 5.86. The van der Waals surface area contributed by atoms with Crippen LogP contribution in [0.5, 0.6) is 0 Å². The first-order chi connectivity index (χ1) is 6.34. The number of likely N-dealkylation sites (tertiary alicyclic amines) is 1. The molecule has 72 valence electrons. The molecule has 0 aromatic rings. The van der Waals surface area contributed by atoms with Gasteiger partial charge in [0.05, 0.1) is 0 Å². The topological polar surface area (TPSA) is 12.5 Å². The van der Waals surface area contributed by atoms with E-state index >= 15 is 0 Å². The lowest BCUT2D eigenvalue weighted by molar-refractivity contribution is 0.131. The Morgan fingerprint density at radius 3 is 3.00 bits per heavy atom. The summed E-state index contributed by atoms with van der Waals surface area (Å²) >= 11 is 0. The SMILES string of the molecule is CN1CCC(OC2=CCCC=C2)C1. The van der Waals surface area contributed by atoms with E-state index in [2.05, 4.69) is 30.2 Å². The molecule has 2 rings (SSSR count). The van der Waals surface area contributed by atoms with E-state index in [9.17, 15) is 0 Å². The van der Waals surface area contributed by atoms with Gasteiger partial charge in [0.25, 0.3) is 0 Å². The fourth-order valence-corrected chi connectivity index (χ4v) is 1.86. The van der Waals surface area contributed by atoms with Gasteiger partial charge in [0.1, 0.15) is 11.9 Å². The van der Waals surface area contributed by atoms with Gasteiger partial charge in [-0.3, -0.25) is 0 Å². The Morgan fingerprint density at radius 2 is 2.38 bits per heavy atom. The second kappa shape index (κ2) is 3.97.